The Hall–Kier alpha value is -1.67. The second-order valence-electron chi connectivity index (χ2n) is 5.96. The van der Waals surface area contributed by atoms with Gasteiger partial charge >= 0.3 is 0 Å². The summed E-state index contributed by atoms with van der Waals surface area (Å²) in [4.78, 5) is 26.2. The van der Waals surface area contributed by atoms with Crippen molar-refractivity contribution >= 4 is 29.9 Å². The number of rotatable bonds is 4. The van der Waals surface area contributed by atoms with E-state index in [0.29, 0.717) is 57.2 Å². The first kappa shape index (κ1) is 19.7. The molecule has 2 aliphatic heterocycles. The van der Waals surface area contributed by atoms with E-state index in [1.54, 1.807) is 29.2 Å². The molecule has 3 rings (SSSR count). The number of halogens is 1. The van der Waals surface area contributed by atoms with E-state index in [-0.39, 0.29) is 30.3 Å². The van der Waals surface area contributed by atoms with Crippen LogP contribution in [0.15, 0.2) is 24.3 Å². The van der Waals surface area contributed by atoms with E-state index in [4.69, 9.17) is 9.47 Å². The summed E-state index contributed by atoms with van der Waals surface area (Å²) < 4.78 is 10.6. The highest BCUT2D eigenvalue weighted by Gasteiger charge is 2.19. The van der Waals surface area contributed by atoms with Crippen molar-refractivity contribution in [1.29, 1.82) is 0 Å². The molecule has 2 aliphatic rings. The molecule has 0 aromatic heterocycles. The van der Waals surface area contributed by atoms with Gasteiger partial charge < -0.3 is 25.0 Å². The summed E-state index contributed by atoms with van der Waals surface area (Å²) in [5.74, 6) is -0.0648. The standard InChI is InChI=1S/C17H23N3O4.ClH/c21-16(11-15-12-24-8-5-18-15)19-14-3-1-13(2-4-14)17(22)20-6-9-23-10-7-20;/h1-4,15,18H,5-12H2,(H,19,21);1H. The molecule has 1 aromatic rings. The zero-order valence-electron chi connectivity index (χ0n) is 14.0. The molecule has 2 heterocycles. The fourth-order valence-electron chi connectivity index (χ4n) is 2.83. The third kappa shape index (κ3) is 5.67. The molecule has 2 amide bonds. The van der Waals surface area contributed by atoms with Gasteiger partial charge in [-0.15, -0.1) is 12.4 Å². The van der Waals surface area contributed by atoms with Crippen molar-refractivity contribution in [3.63, 3.8) is 0 Å². The van der Waals surface area contributed by atoms with Crippen molar-refractivity contribution in [3.8, 4) is 0 Å². The van der Waals surface area contributed by atoms with E-state index < -0.39 is 0 Å². The minimum atomic E-state index is -0.0646. The lowest BCUT2D eigenvalue weighted by molar-refractivity contribution is -0.117. The van der Waals surface area contributed by atoms with Crippen LogP contribution in [0.4, 0.5) is 5.69 Å². The summed E-state index contributed by atoms with van der Waals surface area (Å²) in [6.07, 6.45) is 0.370. The number of benzene rings is 1. The van der Waals surface area contributed by atoms with Crippen LogP contribution < -0.4 is 10.6 Å². The normalized spacial score (nSPS) is 20.5. The van der Waals surface area contributed by atoms with Crippen molar-refractivity contribution < 1.29 is 19.1 Å². The van der Waals surface area contributed by atoms with Crippen LogP contribution in [0, 0.1) is 0 Å². The number of carbonyl (C=O) groups is 2. The Morgan fingerprint density at radius 1 is 1.12 bits per heavy atom. The predicted molar refractivity (Wildman–Crippen MR) is 96.3 cm³/mol. The maximum Gasteiger partial charge on any atom is 0.254 e. The quantitative estimate of drug-likeness (QED) is 0.824. The second-order valence-corrected chi connectivity index (χ2v) is 5.96. The van der Waals surface area contributed by atoms with Crippen LogP contribution in [0.2, 0.25) is 0 Å². The summed E-state index contributed by atoms with van der Waals surface area (Å²) >= 11 is 0. The van der Waals surface area contributed by atoms with E-state index in [2.05, 4.69) is 10.6 Å². The molecule has 0 aliphatic carbocycles. The largest absolute Gasteiger partial charge is 0.378 e. The van der Waals surface area contributed by atoms with Crippen molar-refractivity contribution in [2.75, 3.05) is 51.4 Å². The zero-order valence-corrected chi connectivity index (χ0v) is 14.8. The Balaban J connectivity index is 0.00000225. The molecule has 0 bridgehead atoms. The number of nitrogens with one attached hydrogen (secondary N) is 2. The van der Waals surface area contributed by atoms with Crippen LogP contribution in [0.5, 0.6) is 0 Å². The summed E-state index contributed by atoms with van der Waals surface area (Å²) in [5, 5.41) is 6.11. The molecule has 25 heavy (non-hydrogen) atoms. The van der Waals surface area contributed by atoms with Crippen LogP contribution >= 0.6 is 12.4 Å². The Morgan fingerprint density at radius 3 is 2.48 bits per heavy atom. The molecule has 1 unspecified atom stereocenters. The predicted octanol–water partition coefficient (Wildman–Crippen LogP) is 0.898. The first-order chi connectivity index (χ1) is 11.7. The van der Waals surface area contributed by atoms with Gasteiger partial charge in [0.2, 0.25) is 5.91 Å². The number of ether oxygens (including phenoxy) is 2. The molecule has 2 saturated heterocycles. The SMILES string of the molecule is Cl.O=C(CC1COCCN1)Nc1ccc(C(=O)N2CCOCC2)cc1. The molecule has 138 valence electrons. The van der Waals surface area contributed by atoms with Gasteiger partial charge in [-0.25, -0.2) is 0 Å². The highest BCUT2D eigenvalue weighted by atomic mass is 35.5. The lowest BCUT2D eigenvalue weighted by atomic mass is 10.1. The lowest BCUT2D eigenvalue weighted by Gasteiger charge is -2.26. The molecule has 2 N–H and O–H groups in total. The van der Waals surface area contributed by atoms with Crippen LogP contribution in [-0.2, 0) is 14.3 Å². The summed E-state index contributed by atoms with van der Waals surface area (Å²) in [6, 6.07) is 7.07. The average molecular weight is 370 g/mol. The van der Waals surface area contributed by atoms with Gasteiger partial charge in [-0.1, -0.05) is 0 Å². The molecule has 0 saturated carbocycles. The van der Waals surface area contributed by atoms with E-state index in [1.807, 2.05) is 0 Å². The Kier molecular flexibility index (Phi) is 7.64. The third-order valence-corrected chi connectivity index (χ3v) is 4.14. The molecule has 7 nitrogen and oxygen atoms in total. The van der Waals surface area contributed by atoms with E-state index in [1.165, 1.54) is 0 Å². The second kappa shape index (κ2) is 9.72. The van der Waals surface area contributed by atoms with Gasteiger partial charge in [0.1, 0.15) is 0 Å². The molecule has 0 radical (unpaired) electrons. The first-order valence-corrected chi connectivity index (χ1v) is 8.30. The van der Waals surface area contributed by atoms with Crippen molar-refractivity contribution in [3.05, 3.63) is 29.8 Å². The van der Waals surface area contributed by atoms with Gasteiger partial charge in [0.15, 0.2) is 0 Å². The minimum Gasteiger partial charge on any atom is -0.378 e. The number of anilines is 1. The van der Waals surface area contributed by atoms with Crippen LogP contribution in [-0.4, -0.2) is 68.8 Å². The van der Waals surface area contributed by atoms with Crippen molar-refractivity contribution in [2.24, 2.45) is 0 Å². The summed E-state index contributed by atoms with van der Waals surface area (Å²) in [7, 11) is 0. The molecule has 8 heteroatoms. The van der Waals surface area contributed by atoms with Crippen molar-refractivity contribution in [1.82, 2.24) is 10.2 Å². The molecule has 1 atom stereocenters. The lowest BCUT2D eigenvalue weighted by Crippen LogP contribution is -2.43. The summed E-state index contributed by atoms with van der Waals surface area (Å²) in [6.45, 7) is 4.42. The number of morpholine rings is 2. The maximum atomic E-state index is 12.4. The Labute approximate surface area is 153 Å². The number of hydrogen-bond acceptors (Lipinski definition) is 5. The van der Waals surface area contributed by atoms with Gasteiger partial charge in [0.05, 0.1) is 26.4 Å². The average Bonchev–Trinajstić information content (AvgIpc) is 2.63. The topological polar surface area (TPSA) is 79.9 Å². The fourth-order valence-corrected chi connectivity index (χ4v) is 2.83. The number of hydrogen-bond donors (Lipinski definition) is 2. The van der Waals surface area contributed by atoms with Gasteiger partial charge in [-0.05, 0) is 24.3 Å². The van der Waals surface area contributed by atoms with Gasteiger partial charge in [-0.3, -0.25) is 9.59 Å². The molecular formula is C17H24ClN3O4. The van der Waals surface area contributed by atoms with Crippen LogP contribution in [0.3, 0.4) is 0 Å². The van der Waals surface area contributed by atoms with Gasteiger partial charge in [-0.2, -0.15) is 0 Å². The molecule has 0 spiro atoms. The van der Waals surface area contributed by atoms with E-state index in [9.17, 15) is 9.59 Å². The Bertz CT molecular complexity index is 570. The monoisotopic (exact) mass is 369 g/mol. The number of carbonyl (C=O) groups excluding carboxylic acids is 2. The van der Waals surface area contributed by atoms with Crippen LogP contribution in [0.1, 0.15) is 16.8 Å². The van der Waals surface area contributed by atoms with Crippen LogP contribution in [0.25, 0.3) is 0 Å². The molecule has 2 fully saturated rings. The van der Waals surface area contributed by atoms with Crippen molar-refractivity contribution in [2.45, 2.75) is 12.5 Å². The highest BCUT2D eigenvalue weighted by Crippen LogP contribution is 2.13. The third-order valence-electron chi connectivity index (χ3n) is 4.14. The first-order valence-electron chi connectivity index (χ1n) is 8.30. The minimum absolute atomic E-state index is 0. The molecule has 1 aromatic carbocycles. The van der Waals surface area contributed by atoms with E-state index >= 15 is 0 Å². The zero-order chi connectivity index (χ0) is 16.8. The fraction of sp³-hybridized carbons (Fsp3) is 0.529. The van der Waals surface area contributed by atoms with Gasteiger partial charge in [0.25, 0.3) is 5.91 Å². The summed E-state index contributed by atoms with van der Waals surface area (Å²) in [5.41, 5.74) is 1.31. The number of nitrogens with zero attached hydrogens (tertiary/aromatic N) is 1. The highest BCUT2D eigenvalue weighted by molar-refractivity contribution is 5.96. The van der Waals surface area contributed by atoms with Gasteiger partial charge in [0, 0.05) is 43.3 Å². The molecular weight excluding hydrogens is 346 g/mol. The maximum absolute atomic E-state index is 12.4. The smallest absolute Gasteiger partial charge is 0.254 e. The number of amides is 2. The Morgan fingerprint density at radius 2 is 1.84 bits per heavy atom. The van der Waals surface area contributed by atoms with E-state index in [0.717, 1.165) is 6.54 Å².